The van der Waals surface area contributed by atoms with Gasteiger partial charge in [0, 0.05) is 25.7 Å². The number of anilines is 1. The first-order valence-corrected chi connectivity index (χ1v) is 8.28. The van der Waals surface area contributed by atoms with Crippen LogP contribution >= 0.6 is 0 Å². The summed E-state index contributed by atoms with van der Waals surface area (Å²) in [6.07, 6.45) is 1.13. The maximum Gasteiger partial charge on any atom is 0.259 e. The number of aliphatic hydroxyl groups is 1. The van der Waals surface area contributed by atoms with E-state index >= 15 is 0 Å². The van der Waals surface area contributed by atoms with E-state index in [-0.39, 0.29) is 5.92 Å². The fraction of sp³-hybridized carbons (Fsp3) is 0.316. The van der Waals surface area contributed by atoms with Gasteiger partial charge in [0.1, 0.15) is 5.82 Å². The predicted octanol–water partition coefficient (Wildman–Crippen LogP) is 3.42. The number of aliphatic hydroxyl groups excluding tert-OH is 1. The Morgan fingerprint density at radius 3 is 2.48 bits per heavy atom. The van der Waals surface area contributed by atoms with Gasteiger partial charge in [-0.25, -0.2) is 4.98 Å². The van der Waals surface area contributed by atoms with E-state index in [1.807, 2.05) is 68.3 Å². The molecule has 1 atom stereocenters. The molecule has 6 nitrogen and oxygen atoms in total. The minimum Gasteiger partial charge on any atom is -0.387 e. The second-order valence-corrected chi connectivity index (χ2v) is 6.32. The molecule has 0 aliphatic carbocycles. The lowest BCUT2D eigenvalue weighted by atomic mass is 10.1. The van der Waals surface area contributed by atoms with Gasteiger partial charge in [0.05, 0.1) is 11.7 Å². The molecular formula is C19H22N4O2. The molecule has 0 saturated carbocycles. The van der Waals surface area contributed by atoms with Crippen molar-refractivity contribution in [2.24, 2.45) is 0 Å². The summed E-state index contributed by atoms with van der Waals surface area (Å²) in [7, 11) is 1.90. The molecule has 0 aliphatic rings. The van der Waals surface area contributed by atoms with Crippen molar-refractivity contribution < 1.29 is 9.63 Å². The average molecular weight is 338 g/mol. The molecular weight excluding hydrogens is 316 g/mol. The van der Waals surface area contributed by atoms with Gasteiger partial charge in [-0.2, -0.15) is 4.98 Å². The van der Waals surface area contributed by atoms with E-state index in [0.29, 0.717) is 18.3 Å². The Hall–Kier alpha value is -2.73. The number of hydrogen-bond donors (Lipinski definition) is 1. The lowest BCUT2D eigenvalue weighted by molar-refractivity contribution is 0.185. The lowest BCUT2D eigenvalue weighted by Gasteiger charge is -2.22. The molecule has 0 saturated heterocycles. The Kier molecular flexibility index (Phi) is 5.09. The van der Waals surface area contributed by atoms with Crippen molar-refractivity contribution in [2.45, 2.75) is 25.9 Å². The number of aromatic nitrogens is 3. The first kappa shape index (κ1) is 17.1. The second kappa shape index (κ2) is 7.44. The van der Waals surface area contributed by atoms with Crippen LogP contribution in [-0.2, 0) is 0 Å². The van der Waals surface area contributed by atoms with Gasteiger partial charge in [0.25, 0.3) is 5.89 Å². The Morgan fingerprint density at radius 2 is 1.88 bits per heavy atom. The van der Waals surface area contributed by atoms with Gasteiger partial charge in [-0.1, -0.05) is 49.3 Å². The molecule has 3 rings (SSSR count). The quantitative estimate of drug-likeness (QED) is 0.742. The van der Waals surface area contributed by atoms with Gasteiger partial charge in [0.15, 0.2) is 5.82 Å². The zero-order valence-corrected chi connectivity index (χ0v) is 14.6. The predicted molar refractivity (Wildman–Crippen MR) is 96.3 cm³/mol. The molecule has 25 heavy (non-hydrogen) atoms. The fourth-order valence-electron chi connectivity index (χ4n) is 2.46. The topological polar surface area (TPSA) is 75.3 Å². The summed E-state index contributed by atoms with van der Waals surface area (Å²) >= 11 is 0. The minimum absolute atomic E-state index is 0.218. The van der Waals surface area contributed by atoms with E-state index in [1.165, 1.54) is 0 Å². The molecule has 0 radical (unpaired) electrons. The van der Waals surface area contributed by atoms with Crippen LogP contribution in [0.1, 0.15) is 37.3 Å². The van der Waals surface area contributed by atoms with Gasteiger partial charge in [-0.3, -0.25) is 0 Å². The molecule has 0 aliphatic heterocycles. The van der Waals surface area contributed by atoms with Crippen LogP contribution in [0.2, 0.25) is 0 Å². The van der Waals surface area contributed by atoms with Crippen LogP contribution in [0.3, 0.4) is 0 Å². The highest BCUT2D eigenvalue weighted by molar-refractivity contribution is 5.54. The zero-order chi connectivity index (χ0) is 17.8. The van der Waals surface area contributed by atoms with Gasteiger partial charge < -0.3 is 14.5 Å². The van der Waals surface area contributed by atoms with Crippen molar-refractivity contribution in [2.75, 3.05) is 18.5 Å². The van der Waals surface area contributed by atoms with Crippen molar-refractivity contribution >= 4 is 5.82 Å². The van der Waals surface area contributed by atoms with Gasteiger partial charge in [-0.15, -0.1) is 0 Å². The Balaban J connectivity index is 1.69. The third kappa shape index (κ3) is 4.03. The van der Waals surface area contributed by atoms with Crippen molar-refractivity contribution in [3.8, 4) is 11.5 Å². The Bertz CT molecular complexity index is 800. The van der Waals surface area contributed by atoms with E-state index in [1.54, 1.807) is 6.20 Å². The summed E-state index contributed by atoms with van der Waals surface area (Å²) in [6, 6.07) is 13.4. The van der Waals surface area contributed by atoms with Gasteiger partial charge in [0.2, 0.25) is 0 Å². The molecule has 1 N–H and O–H groups in total. The van der Waals surface area contributed by atoms with Crippen molar-refractivity contribution in [1.82, 2.24) is 15.1 Å². The van der Waals surface area contributed by atoms with Gasteiger partial charge in [-0.05, 0) is 17.7 Å². The minimum atomic E-state index is -0.572. The van der Waals surface area contributed by atoms with E-state index in [0.717, 1.165) is 16.9 Å². The zero-order valence-electron chi connectivity index (χ0n) is 14.6. The highest BCUT2D eigenvalue weighted by atomic mass is 16.5. The second-order valence-electron chi connectivity index (χ2n) is 6.32. The number of rotatable bonds is 6. The molecule has 0 unspecified atom stereocenters. The summed E-state index contributed by atoms with van der Waals surface area (Å²) in [5, 5.41) is 14.3. The van der Waals surface area contributed by atoms with Crippen molar-refractivity contribution in [3.05, 3.63) is 60.0 Å². The molecule has 0 fully saturated rings. The smallest absolute Gasteiger partial charge is 0.259 e. The van der Waals surface area contributed by atoms with Gasteiger partial charge >= 0.3 is 0 Å². The maximum atomic E-state index is 10.3. The van der Waals surface area contributed by atoms with Crippen LogP contribution in [0.25, 0.3) is 11.5 Å². The van der Waals surface area contributed by atoms with E-state index in [4.69, 9.17) is 4.52 Å². The highest BCUT2D eigenvalue weighted by Gasteiger charge is 2.14. The molecule has 1 aromatic carbocycles. The van der Waals surface area contributed by atoms with Crippen LogP contribution < -0.4 is 4.90 Å². The fourth-order valence-corrected chi connectivity index (χ4v) is 2.46. The number of pyridine rings is 1. The third-order valence-electron chi connectivity index (χ3n) is 3.98. The average Bonchev–Trinajstić information content (AvgIpc) is 3.13. The summed E-state index contributed by atoms with van der Waals surface area (Å²) in [6.45, 7) is 4.49. The molecule has 0 amide bonds. The monoisotopic (exact) mass is 338 g/mol. The summed E-state index contributed by atoms with van der Waals surface area (Å²) in [5.74, 6) is 2.13. The van der Waals surface area contributed by atoms with Crippen LogP contribution in [-0.4, -0.2) is 33.8 Å². The SMILES string of the molecule is CC(C)c1noc(-c2ccc(N(C)C[C@H](O)c3ccccc3)nc2)n1. The molecule has 0 spiro atoms. The summed E-state index contributed by atoms with van der Waals surface area (Å²) in [5.41, 5.74) is 1.67. The third-order valence-corrected chi connectivity index (χ3v) is 3.98. The standard InChI is InChI=1S/C19H22N4O2/c1-13(2)18-21-19(25-22-18)15-9-10-17(20-11-15)23(3)12-16(24)14-7-5-4-6-8-14/h4-11,13,16,24H,12H2,1-3H3/t16-/m0/s1. The molecule has 6 heteroatoms. The first-order valence-electron chi connectivity index (χ1n) is 8.28. The Labute approximate surface area is 147 Å². The van der Waals surface area contributed by atoms with E-state index < -0.39 is 6.10 Å². The molecule has 0 bridgehead atoms. The maximum absolute atomic E-state index is 10.3. The van der Waals surface area contributed by atoms with E-state index in [2.05, 4.69) is 15.1 Å². The summed E-state index contributed by atoms with van der Waals surface area (Å²) in [4.78, 5) is 10.7. The van der Waals surface area contributed by atoms with Crippen LogP contribution in [0.5, 0.6) is 0 Å². The van der Waals surface area contributed by atoms with E-state index in [9.17, 15) is 5.11 Å². The number of hydrogen-bond acceptors (Lipinski definition) is 6. The van der Waals surface area contributed by atoms with Crippen molar-refractivity contribution in [1.29, 1.82) is 0 Å². The number of likely N-dealkylation sites (N-methyl/N-ethyl adjacent to an activating group) is 1. The first-order chi connectivity index (χ1) is 12.0. The summed E-state index contributed by atoms with van der Waals surface area (Å²) < 4.78 is 5.28. The molecule has 2 aromatic heterocycles. The number of benzene rings is 1. The normalized spacial score (nSPS) is 12.4. The van der Waals surface area contributed by atoms with Crippen LogP contribution in [0.4, 0.5) is 5.82 Å². The Morgan fingerprint density at radius 1 is 1.12 bits per heavy atom. The largest absolute Gasteiger partial charge is 0.387 e. The lowest BCUT2D eigenvalue weighted by Crippen LogP contribution is -2.24. The highest BCUT2D eigenvalue weighted by Crippen LogP contribution is 2.22. The van der Waals surface area contributed by atoms with Crippen LogP contribution in [0, 0.1) is 0 Å². The molecule has 2 heterocycles. The van der Waals surface area contributed by atoms with Crippen LogP contribution in [0.15, 0.2) is 53.2 Å². The number of nitrogens with zero attached hydrogens (tertiary/aromatic N) is 4. The molecule has 130 valence electrons. The molecule has 3 aromatic rings. The van der Waals surface area contributed by atoms with Crippen molar-refractivity contribution in [3.63, 3.8) is 0 Å².